The lowest BCUT2D eigenvalue weighted by Gasteiger charge is -2.10. The standard InChI is InChI=1S/C12H18N6O/c1-10(2)19-11-4-6-14-12(16-11)13-5-3-8-18-9-7-15-17-18/h4,6-7,9-10H,3,5,8H2,1-2H3,(H,13,14,16). The van der Waals surface area contributed by atoms with Gasteiger partial charge < -0.3 is 10.1 Å². The number of hydrogen-bond donors (Lipinski definition) is 1. The van der Waals surface area contributed by atoms with Gasteiger partial charge in [0, 0.05) is 31.5 Å². The minimum absolute atomic E-state index is 0.107. The normalized spacial score (nSPS) is 10.7. The van der Waals surface area contributed by atoms with Crippen LogP contribution in [-0.2, 0) is 6.54 Å². The Balaban J connectivity index is 1.76. The van der Waals surface area contributed by atoms with E-state index >= 15 is 0 Å². The molecule has 2 rings (SSSR count). The average molecular weight is 262 g/mol. The molecule has 0 aliphatic carbocycles. The number of hydrogen-bond acceptors (Lipinski definition) is 6. The van der Waals surface area contributed by atoms with E-state index in [4.69, 9.17) is 4.74 Å². The van der Waals surface area contributed by atoms with Crippen LogP contribution in [0.2, 0.25) is 0 Å². The maximum atomic E-state index is 5.51. The highest BCUT2D eigenvalue weighted by atomic mass is 16.5. The molecule has 0 spiro atoms. The van der Waals surface area contributed by atoms with Crippen molar-refractivity contribution in [3.63, 3.8) is 0 Å². The summed E-state index contributed by atoms with van der Waals surface area (Å²) in [5.41, 5.74) is 0. The second-order valence-corrected chi connectivity index (χ2v) is 4.33. The number of ether oxygens (including phenoxy) is 1. The van der Waals surface area contributed by atoms with Crippen LogP contribution in [0.3, 0.4) is 0 Å². The smallest absolute Gasteiger partial charge is 0.225 e. The second-order valence-electron chi connectivity index (χ2n) is 4.33. The van der Waals surface area contributed by atoms with Gasteiger partial charge in [-0.3, -0.25) is 4.68 Å². The van der Waals surface area contributed by atoms with E-state index in [2.05, 4.69) is 25.6 Å². The molecule has 0 saturated heterocycles. The van der Waals surface area contributed by atoms with Gasteiger partial charge >= 0.3 is 0 Å². The first-order chi connectivity index (χ1) is 9.24. The van der Waals surface area contributed by atoms with Gasteiger partial charge in [0.25, 0.3) is 0 Å². The van der Waals surface area contributed by atoms with E-state index < -0.39 is 0 Å². The number of rotatable bonds is 7. The molecule has 0 aromatic carbocycles. The molecule has 2 heterocycles. The summed E-state index contributed by atoms with van der Waals surface area (Å²) in [4.78, 5) is 8.41. The maximum absolute atomic E-state index is 5.51. The van der Waals surface area contributed by atoms with Crippen LogP contribution in [-0.4, -0.2) is 37.6 Å². The summed E-state index contributed by atoms with van der Waals surface area (Å²) >= 11 is 0. The Hall–Kier alpha value is -2.18. The van der Waals surface area contributed by atoms with Crippen LogP contribution < -0.4 is 10.1 Å². The van der Waals surface area contributed by atoms with Crippen LogP contribution in [0.5, 0.6) is 5.88 Å². The van der Waals surface area contributed by atoms with Crippen LogP contribution in [0.25, 0.3) is 0 Å². The lowest BCUT2D eigenvalue weighted by molar-refractivity contribution is 0.232. The molecular weight excluding hydrogens is 244 g/mol. The minimum Gasteiger partial charge on any atom is -0.475 e. The number of nitrogens with one attached hydrogen (secondary N) is 1. The van der Waals surface area contributed by atoms with E-state index in [0.29, 0.717) is 11.8 Å². The Labute approximate surface area is 112 Å². The minimum atomic E-state index is 0.107. The molecule has 102 valence electrons. The Bertz CT molecular complexity index is 485. The SMILES string of the molecule is CC(C)Oc1ccnc(NCCCn2ccnn2)n1. The summed E-state index contributed by atoms with van der Waals surface area (Å²) in [5, 5.41) is 10.8. The first-order valence-corrected chi connectivity index (χ1v) is 6.32. The fraction of sp³-hybridized carbons (Fsp3) is 0.500. The van der Waals surface area contributed by atoms with Crippen LogP contribution in [0.1, 0.15) is 20.3 Å². The first kappa shape index (κ1) is 13.3. The Morgan fingerprint density at radius 2 is 2.26 bits per heavy atom. The molecule has 0 amide bonds. The monoisotopic (exact) mass is 262 g/mol. The molecule has 7 heteroatoms. The molecule has 0 atom stereocenters. The largest absolute Gasteiger partial charge is 0.475 e. The second kappa shape index (κ2) is 6.67. The van der Waals surface area contributed by atoms with Gasteiger partial charge in [-0.05, 0) is 20.3 Å². The van der Waals surface area contributed by atoms with Crippen molar-refractivity contribution in [2.45, 2.75) is 32.9 Å². The quantitative estimate of drug-likeness (QED) is 0.759. The Morgan fingerprint density at radius 1 is 1.37 bits per heavy atom. The van der Waals surface area contributed by atoms with Crippen LogP contribution in [0, 0.1) is 0 Å². The number of aromatic nitrogens is 5. The summed E-state index contributed by atoms with van der Waals surface area (Å²) in [6, 6.07) is 1.75. The van der Waals surface area contributed by atoms with Crippen molar-refractivity contribution < 1.29 is 4.74 Å². The third-order valence-corrected chi connectivity index (χ3v) is 2.31. The zero-order valence-corrected chi connectivity index (χ0v) is 11.2. The first-order valence-electron chi connectivity index (χ1n) is 6.32. The Kier molecular flexibility index (Phi) is 4.66. The lowest BCUT2D eigenvalue weighted by atomic mass is 10.4. The van der Waals surface area contributed by atoms with Gasteiger partial charge in [-0.15, -0.1) is 5.10 Å². The van der Waals surface area contributed by atoms with E-state index in [1.54, 1.807) is 23.1 Å². The fourth-order valence-corrected chi connectivity index (χ4v) is 1.53. The number of nitrogens with zero attached hydrogens (tertiary/aromatic N) is 5. The summed E-state index contributed by atoms with van der Waals surface area (Å²) in [5.74, 6) is 1.17. The van der Waals surface area contributed by atoms with Gasteiger partial charge in [0.2, 0.25) is 11.8 Å². The van der Waals surface area contributed by atoms with Crippen LogP contribution in [0.4, 0.5) is 5.95 Å². The van der Waals surface area contributed by atoms with E-state index in [0.717, 1.165) is 19.5 Å². The summed E-state index contributed by atoms with van der Waals surface area (Å²) in [6.07, 6.45) is 6.22. The predicted octanol–water partition coefficient (Wildman–Crippen LogP) is 1.36. The molecule has 0 aliphatic rings. The van der Waals surface area contributed by atoms with Crippen molar-refractivity contribution in [1.82, 2.24) is 25.0 Å². The molecule has 2 aromatic heterocycles. The van der Waals surface area contributed by atoms with Crippen molar-refractivity contribution in [2.24, 2.45) is 0 Å². The fourth-order valence-electron chi connectivity index (χ4n) is 1.53. The van der Waals surface area contributed by atoms with Crippen molar-refractivity contribution in [3.8, 4) is 5.88 Å². The molecule has 0 aliphatic heterocycles. The van der Waals surface area contributed by atoms with Gasteiger partial charge in [-0.1, -0.05) is 5.21 Å². The van der Waals surface area contributed by atoms with E-state index in [-0.39, 0.29) is 6.10 Å². The van der Waals surface area contributed by atoms with Gasteiger partial charge in [0.05, 0.1) is 12.3 Å². The topological polar surface area (TPSA) is 77.8 Å². The van der Waals surface area contributed by atoms with Crippen LogP contribution >= 0.6 is 0 Å². The lowest BCUT2D eigenvalue weighted by Crippen LogP contribution is -2.11. The molecule has 0 fully saturated rings. The molecule has 0 saturated carbocycles. The van der Waals surface area contributed by atoms with Crippen molar-refractivity contribution in [2.75, 3.05) is 11.9 Å². The summed E-state index contributed by atoms with van der Waals surface area (Å²) in [7, 11) is 0. The van der Waals surface area contributed by atoms with Crippen molar-refractivity contribution in [3.05, 3.63) is 24.7 Å². The van der Waals surface area contributed by atoms with Crippen molar-refractivity contribution in [1.29, 1.82) is 0 Å². The highest BCUT2D eigenvalue weighted by Crippen LogP contribution is 2.10. The molecule has 0 unspecified atom stereocenters. The van der Waals surface area contributed by atoms with E-state index in [9.17, 15) is 0 Å². The maximum Gasteiger partial charge on any atom is 0.225 e. The highest BCUT2D eigenvalue weighted by Gasteiger charge is 2.01. The summed E-state index contributed by atoms with van der Waals surface area (Å²) < 4.78 is 7.30. The Morgan fingerprint density at radius 3 is 3.00 bits per heavy atom. The predicted molar refractivity (Wildman–Crippen MR) is 70.9 cm³/mol. The van der Waals surface area contributed by atoms with Gasteiger partial charge in [0.1, 0.15) is 0 Å². The van der Waals surface area contributed by atoms with Gasteiger partial charge in [0.15, 0.2) is 0 Å². The van der Waals surface area contributed by atoms with E-state index in [1.165, 1.54) is 0 Å². The molecule has 2 aromatic rings. The van der Waals surface area contributed by atoms with E-state index in [1.807, 2.05) is 20.0 Å². The average Bonchev–Trinajstić information content (AvgIpc) is 2.87. The van der Waals surface area contributed by atoms with Gasteiger partial charge in [-0.2, -0.15) is 4.98 Å². The molecule has 0 radical (unpaired) electrons. The number of anilines is 1. The molecule has 19 heavy (non-hydrogen) atoms. The van der Waals surface area contributed by atoms with Crippen LogP contribution in [0.15, 0.2) is 24.7 Å². The zero-order valence-electron chi connectivity index (χ0n) is 11.2. The van der Waals surface area contributed by atoms with Gasteiger partial charge in [-0.25, -0.2) is 4.98 Å². The van der Waals surface area contributed by atoms with Crippen molar-refractivity contribution >= 4 is 5.95 Å². The molecule has 7 nitrogen and oxygen atoms in total. The zero-order chi connectivity index (χ0) is 13.5. The molecule has 0 bridgehead atoms. The third-order valence-electron chi connectivity index (χ3n) is 2.31. The highest BCUT2D eigenvalue weighted by molar-refractivity contribution is 5.27. The summed E-state index contributed by atoms with van der Waals surface area (Å²) in [6.45, 7) is 5.51. The molecule has 1 N–H and O–H groups in total. The molecular formula is C12H18N6O. The third kappa shape index (κ3) is 4.53. The number of aryl methyl sites for hydroxylation is 1.